The van der Waals surface area contributed by atoms with Gasteiger partial charge in [-0.05, 0) is 115 Å². The SMILES string of the molecule is Cc1nn(CCCCCCCCC#Cc2cccc3c2CN(C2CCC(=O)N(COCC[Si](C)(C)C)C2=O)C3=O)c2cc(C(=O)Nc3cc4c(cn3)cc([C@H]3CCCN3C)n4C(=O)OC(C)(C)C)ccc12. The Balaban J connectivity index is 0.804. The molecule has 1 N–H and O–H groups in total. The molecule has 71 heavy (non-hydrogen) atoms. The summed E-state index contributed by atoms with van der Waals surface area (Å²) < 4.78 is 15.3. The standard InChI is InChI=1S/C55H70N8O7Si/c1-37-41-24-23-39(51(65)57-49-33-46-40(34-56-49)32-48(44-22-18-27-59(44)5)63(46)54(68)70-55(2,3)4)31-47(41)62(58-37)28-16-14-12-10-9-11-13-15-19-38-20-17-21-42-43(38)35-60(52(42)66)45-25-26-50(64)61(53(45)67)36-69-29-30-71(6,7)8/h17,20-21,23-24,31-34,44-45H,9-14,16,18,22,25-30,35-36H2,1-8H3,(H,56,57,65)/t44-,45?/m1/s1. The zero-order valence-corrected chi connectivity index (χ0v) is 43.9. The number of rotatable bonds is 17. The van der Waals surface area contributed by atoms with Crippen molar-refractivity contribution in [2.24, 2.45) is 0 Å². The number of benzene rings is 2. The predicted molar refractivity (Wildman–Crippen MR) is 278 cm³/mol. The third kappa shape index (κ3) is 12.0. The number of hydrogen-bond donors (Lipinski definition) is 1. The first-order chi connectivity index (χ1) is 33.9. The number of carbonyl (C=O) groups is 5. The number of piperidine rings is 1. The van der Waals surface area contributed by atoms with E-state index in [1.54, 1.807) is 27.8 Å². The van der Waals surface area contributed by atoms with Gasteiger partial charge in [0.1, 0.15) is 24.2 Å². The number of likely N-dealkylation sites (tertiary alicyclic amines) is 2. The van der Waals surface area contributed by atoms with E-state index in [1.165, 1.54) is 4.90 Å². The van der Waals surface area contributed by atoms with E-state index in [2.05, 4.69) is 53.7 Å². The smallest absolute Gasteiger partial charge is 0.419 e. The van der Waals surface area contributed by atoms with Crippen LogP contribution in [0.1, 0.15) is 141 Å². The molecule has 2 aromatic carbocycles. The number of pyridine rings is 1. The van der Waals surface area contributed by atoms with Crippen molar-refractivity contribution < 1.29 is 33.4 Å². The second-order valence-corrected chi connectivity index (χ2v) is 27.3. The lowest BCUT2D eigenvalue weighted by Gasteiger charge is -2.35. The third-order valence-electron chi connectivity index (χ3n) is 13.8. The minimum atomic E-state index is -1.32. The average molecular weight is 983 g/mol. The van der Waals surface area contributed by atoms with E-state index < -0.39 is 25.8 Å². The van der Waals surface area contributed by atoms with Crippen molar-refractivity contribution in [3.63, 3.8) is 0 Å². The first kappa shape index (κ1) is 51.2. The number of ether oxygens (including phenoxy) is 2. The van der Waals surface area contributed by atoms with Crippen LogP contribution in [-0.4, -0.2) is 110 Å². The fourth-order valence-electron chi connectivity index (χ4n) is 9.92. The Kier molecular flexibility index (Phi) is 15.6. The molecule has 0 bridgehead atoms. The van der Waals surface area contributed by atoms with E-state index in [9.17, 15) is 24.0 Å². The lowest BCUT2D eigenvalue weighted by atomic mass is 10.0. The molecule has 8 rings (SSSR count). The van der Waals surface area contributed by atoms with Gasteiger partial charge in [-0.15, -0.1) is 0 Å². The van der Waals surface area contributed by atoms with Gasteiger partial charge >= 0.3 is 6.09 Å². The van der Waals surface area contributed by atoms with E-state index in [0.717, 1.165) is 116 Å². The Hall–Kier alpha value is -6.15. The quantitative estimate of drug-likeness (QED) is 0.0411. The molecule has 0 spiro atoms. The maximum absolute atomic E-state index is 13.7. The number of anilines is 1. The number of fused-ring (bicyclic) bond motifs is 3. The van der Waals surface area contributed by atoms with Crippen molar-refractivity contribution in [1.82, 2.24) is 34.0 Å². The normalized spacial score (nSPS) is 17.6. The van der Waals surface area contributed by atoms with Gasteiger partial charge < -0.3 is 19.7 Å². The molecule has 3 aliphatic rings. The van der Waals surface area contributed by atoms with Crippen LogP contribution in [0.2, 0.25) is 25.7 Å². The Morgan fingerprint density at radius 1 is 0.930 bits per heavy atom. The lowest BCUT2D eigenvalue weighted by molar-refractivity contribution is -0.158. The highest BCUT2D eigenvalue weighted by Crippen LogP contribution is 2.36. The first-order valence-electron chi connectivity index (χ1n) is 25.4. The van der Waals surface area contributed by atoms with Crippen LogP contribution < -0.4 is 5.32 Å². The fraction of sp³-hybridized carbons (Fsp3) is 0.509. The molecule has 6 heterocycles. The minimum Gasteiger partial charge on any atom is -0.443 e. The van der Waals surface area contributed by atoms with Gasteiger partial charge in [0.25, 0.3) is 17.7 Å². The van der Waals surface area contributed by atoms with Crippen LogP contribution in [0.15, 0.2) is 54.7 Å². The molecule has 1 unspecified atom stereocenters. The molecule has 15 nitrogen and oxygen atoms in total. The van der Waals surface area contributed by atoms with Gasteiger partial charge in [-0.25, -0.2) is 14.3 Å². The number of hydrogen-bond acceptors (Lipinski definition) is 10. The van der Waals surface area contributed by atoms with Crippen LogP contribution in [0.4, 0.5) is 10.6 Å². The number of nitrogens with zero attached hydrogens (tertiary/aromatic N) is 7. The zero-order valence-electron chi connectivity index (χ0n) is 42.9. The fourth-order valence-corrected chi connectivity index (χ4v) is 10.7. The average Bonchev–Trinajstić information content (AvgIpc) is 4.08. The van der Waals surface area contributed by atoms with E-state index in [0.29, 0.717) is 42.0 Å². The monoisotopic (exact) mass is 983 g/mol. The highest BCUT2D eigenvalue weighted by atomic mass is 28.3. The summed E-state index contributed by atoms with van der Waals surface area (Å²) in [7, 11) is 0.747. The molecule has 0 radical (unpaired) electrons. The van der Waals surface area contributed by atoms with E-state index in [4.69, 9.17) is 14.6 Å². The number of amides is 4. The number of unbranched alkanes of at least 4 members (excludes halogenated alkanes) is 6. The topological polar surface area (TPSA) is 161 Å². The number of aryl methyl sites for hydroxylation is 2. The van der Waals surface area contributed by atoms with Crippen molar-refractivity contribution in [1.29, 1.82) is 0 Å². The van der Waals surface area contributed by atoms with Gasteiger partial charge in [0.15, 0.2) is 0 Å². The minimum absolute atomic E-state index is 0.0691. The lowest BCUT2D eigenvalue weighted by Crippen LogP contribution is -2.55. The van der Waals surface area contributed by atoms with Crippen molar-refractivity contribution in [2.75, 3.05) is 32.2 Å². The van der Waals surface area contributed by atoms with Crippen molar-refractivity contribution in [2.45, 2.75) is 155 Å². The summed E-state index contributed by atoms with van der Waals surface area (Å²) in [5.74, 6) is 5.85. The van der Waals surface area contributed by atoms with Crippen LogP contribution in [0, 0.1) is 18.8 Å². The van der Waals surface area contributed by atoms with Crippen molar-refractivity contribution in [3.05, 3.63) is 88.4 Å². The third-order valence-corrected chi connectivity index (χ3v) is 15.5. The van der Waals surface area contributed by atoms with Gasteiger partial charge in [0.05, 0.1) is 22.8 Å². The van der Waals surface area contributed by atoms with Gasteiger partial charge in [-0.2, -0.15) is 5.10 Å². The van der Waals surface area contributed by atoms with Gasteiger partial charge in [-0.1, -0.05) is 69.3 Å². The molecule has 0 saturated carbocycles. The van der Waals surface area contributed by atoms with E-state index in [1.807, 2.05) is 68.8 Å². The van der Waals surface area contributed by atoms with Gasteiger partial charge in [0.2, 0.25) is 5.91 Å². The number of aromatic nitrogens is 4. The molecular weight excluding hydrogens is 913 g/mol. The molecule has 3 aromatic heterocycles. The highest BCUT2D eigenvalue weighted by Gasteiger charge is 2.43. The second kappa shape index (κ2) is 21.7. The Morgan fingerprint density at radius 2 is 1.70 bits per heavy atom. The molecule has 3 aliphatic heterocycles. The molecule has 2 saturated heterocycles. The summed E-state index contributed by atoms with van der Waals surface area (Å²) in [5, 5.41) is 9.60. The Bertz CT molecular complexity index is 2900. The zero-order chi connectivity index (χ0) is 50.6. The maximum atomic E-state index is 13.7. The molecule has 4 amide bonds. The molecule has 16 heteroatoms. The van der Waals surface area contributed by atoms with Gasteiger partial charge in [0, 0.05) is 86.0 Å². The molecule has 376 valence electrons. The molecule has 2 atom stereocenters. The molecule has 0 aliphatic carbocycles. The van der Waals surface area contributed by atoms with Crippen molar-refractivity contribution in [3.8, 4) is 11.8 Å². The maximum Gasteiger partial charge on any atom is 0.419 e. The first-order valence-corrected chi connectivity index (χ1v) is 29.1. The van der Waals surface area contributed by atoms with Crippen molar-refractivity contribution >= 4 is 65.4 Å². The molecule has 2 fully saturated rings. The number of carbonyl (C=O) groups excluding carboxylic acids is 5. The molecule has 5 aromatic rings. The van der Waals surface area contributed by atoms with Crippen LogP contribution in [0.5, 0.6) is 0 Å². The highest BCUT2D eigenvalue weighted by molar-refractivity contribution is 6.76. The van der Waals surface area contributed by atoms with Crippen LogP contribution in [-0.2, 0) is 32.2 Å². The number of nitrogens with one attached hydrogen (secondary N) is 1. The van der Waals surface area contributed by atoms with Gasteiger partial charge in [-0.3, -0.25) is 33.7 Å². The summed E-state index contributed by atoms with van der Waals surface area (Å²) in [6.45, 7) is 16.7. The van der Waals surface area contributed by atoms with E-state index >= 15 is 0 Å². The molecular formula is C55H70N8O7Si. The predicted octanol–water partition coefficient (Wildman–Crippen LogP) is 10.1. The van der Waals surface area contributed by atoms with Crippen LogP contribution >= 0.6 is 0 Å². The summed E-state index contributed by atoms with van der Waals surface area (Å²) in [4.78, 5) is 76.8. The van der Waals surface area contributed by atoms with Crippen LogP contribution in [0.3, 0.4) is 0 Å². The summed E-state index contributed by atoms with van der Waals surface area (Å²) >= 11 is 0. The second-order valence-electron chi connectivity index (χ2n) is 21.6. The Morgan fingerprint density at radius 3 is 2.45 bits per heavy atom. The van der Waals surface area contributed by atoms with Crippen LogP contribution in [0.25, 0.3) is 21.8 Å². The largest absolute Gasteiger partial charge is 0.443 e. The van der Waals surface area contributed by atoms with E-state index in [-0.39, 0.29) is 42.8 Å². The summed E-state index contributed by atoms with van der Waals surface area (Å²) in [5.41, 5.74) is 5.33. The summed E-state index contributed by atoms with van der Waals surface area (Å²) in [6.07, 6.45) is 10.7. The summed E-state index contributed by atoms with van der Waals surface area (Å²) in [6, 6.07) is 15.3. The number of imide groups is 1. The Labute approximate surface area is 418 Å².